The average Bonchev–Trinajstić information content (AvgIpc) is 2.94. The van der Waals surface area contributed by atoms with E-state index in [1.165, 1.54) is 15.0 Å². The molecule has 0 fully saturated rings. The molecule has 3 rings (SSSR count). The second-order valence-corrected chi connectivity index (χ2v) is 6.34. The molecule has 2 aromatic carbocycles. The minimum Gasteiger partial charge on any atom is -0.387 e. The summed E-state index contributed by atoms with van der Waals surface area (Å²) in [6, 6.07) is 18.4. The monoisotopic (exact) mass is 286 g/mol. The molecule has 3 aromatic rings. The Kier molecular flexibility index (Phi) is 3.87. The number of hydrogen-bond donors (Lipinski definition) is 1. The first kappa shape index (κ1) is 12.7. The largest absolute Gasteiger partial charge is 0.387 e. The van der Waals surface area contributed by atoms with Gasteiger partial charge in [-0.3, -0.25) is 0 Å². The van der Waals surface area contributed by atoms with Crippen molar-refractivity contribution in [3.05, 3.63) is 65.5 Å². The SMILES string of the molecule is OC(CSc1ccccc1)c1cccc2ccsc12. The molecule has 0 saturated carbocycles. The van der Waals surface area contributed by atoms with E-state index in [0.29, 0.717) is 5.75 Å². The molecule has 0 aliphatic carbocycles. The van der Waals surface area contributed by atoms with Gasteiger partial charge in [-0.05, 0) is 34.5 Å². The minimum atomic E-state index is -0.424. The summed E-state index contributed by atoms with van der Waals surface area (Å²) in [4.78, 5) is 1.19. The molecule has 0 radical (unpaired) electrons. The van der Waals surface area contributed by atoms with E-state index in [1.54, 1.807) is 23.1 Å². The van der Waals surface area contributed by atoms with Crippen molar-refractivity contribution < 1.29 is 5.11 Å². The standard InChI is InChI=1S/C16H14OS2/c17-15(11-19-13-6-2-1-3-7-13)14-8-4-5-12-9-10-18-16(12)14/h1-10,15,17H,11H2. The van der Waals surface area contributed by atoms with Gasteiger partial charge in [-0.25, -0.2) is 0 Å². The van der Waals surface area contributed by atoms with Crippen LogP contribution in [0.4, 0.5) is 0 Å². The fraction of sp³-hybridized carbons (Fsp3) is 0.125. The highest BCUT2D eigenvalue weighted by molar-refractivity contribution is 7.99. The summed E-state index contributed by atoms with van der Waals surface area (Å²) >= 11 is 3.38. The van der Waals surface area contributed by atoms with Crippen molar-refractivity contribution in [3.63, 3.8) is 0 Å². The molecule has 0 saturated heterocycles. The maximum atomic E-state index is 10.4. The molecular weight excluding hydrogens is 272 g/mol. The number of thioether (sulfide) groups is 1. The van der Waals surface area contributed by atoms with Gasteiger partial charge in [0.05, 0.1) is 6.10 Å². The highest BCUT2D eigenvalue weighted by Crippen LogP contribution is 2.32. The van der Waals surface area contributed by atoms with Crippen molar-refractivity contribution in [2.45, 2.75) is 11.0 Å². The summed E-state index contributed by atoms with van der Waals surface area (Å²) in [6.45, 7) is 0. The summed E-state index contributed by atoms with van der Waals surface area (Å²) in [6.07, 6.45) is -0.424. The van der Waals surface area contributed by atoms with E-state index in [0.717, 1.165) is 5.56 Å². The van der Waals surface area contributed by atoms with Crippen molar-refractivity contribution >= 4 is 33.2 Å². The number of benzene rings is 2. The van der Waals surface area contributed by atoms with E-state index < -0.39 is 6.10 Å². The maximum Gasteiger partial charge on any atom is 0.0897 e. The van der Waals surface area contributed by atoms with Gasteiger partial charge < -0.3 is 5.11 Å². The molecule has 0 aliphatic rings. The number of thiophene rings is 1. The number of fused-ring (bicyclic) bond motifs is 1. The Balaban J connectivity index is 1.77. The molecule has 19 heavy (non-hydrogen) atoms. The molecule has 0 amide bonds. The third kappa shape index (κ3) is 2.84. The molecule has 0 spiro atoms. The zero-order chi connectivity index (χ0) is 13.1. The van der Waals surface area contributed by atoms with Gasteiger partial charge in [0.25, 0.3) is 0 Å². The van der Waals surface area contributed by atoms with E-state index in [-0.39, 0.29) is 0 Å². The predicted molar refractivity (Wildman–Crippen MR) is 84.0 cm³/mol. The average molecular weight is 286 g/mol. The molecule has 0 bridgehead atoms. The van der Waals surface area contributed by atoms with Gasteiger partial charge in [-0.2, -0.15) is 0 Å². The Labute approximate surface area is 120 Å². The van der Waals surface area contributed by atoms with Crippen molar-refractivity contribution in [3.8, 4) is 0 Å². The zero-order valence-electron chi connectivity index (χ0n) is 10.3. The van der Waals surface area contributed by atoms with E-state index in [1.807, 2.05) is 30.3 Å². The third-order valence-electron chi connectivity index (χ3n) is 3.02. The quantitative estimate of drug-likeness (QED) is 0.700. The van der Waals surface area contributed by atoms with Crippen molar-refractivity contribution in [2.75, 3.05) is 5.75 Å². The molecule has 1 N–H and O–H groups in total. The zero-order valence-corrected chi connectivity index (χ0v) is 12.0. The first-order valence-electron chi connectivity index (χ1n) is 6.16. The summed E-state index contributed by atoms with van der Waals surface area (Å²) in [5.41, 5.74) is 1.04. The third-order valence-corrected chi connectivity index (χ3v) is 5.09. The molecule has 1 atom stereocenters. The Bertz CT molecular complexity index is 661. The Morgan fingerprint density at radius 3 is 2.68 bits per heavy atom. The lowest BCUT2D eigenvalue weighted by Gasteiger charge is -2.11. The number of aliphatic hydroxyl groups excluding tert-OH is 1. The van der Waals surface area contributed by atoms with Crippen LogP contribution in [0.3, 0.4) is 0 Å². The highest BCUT2D eigenvalue weighted by Gasteiger charge is 2.12. The van der Waals surface area contributed by atoms with Crippen LogP contribution in [0, 0.1) is 0 Å². The lowest BCUT2D eigenvalue weighted by Crippen LogP contribution is -2.00. The second kappa shape index (κ2) is 5.78. The van der Waals surface area contributed by atoms with Crippen LogP contribution in [0.2, 0.25) is 0 Å². The summed E-state index contributed by atoms with van der Waals surface area (Å²) < 4.78 is 1.20. The normalized spacial score (nSPS) is 12.7. The highest BCUT2D eigenvalue weighted by atomic mass is 32.2. The van der Waals surface area contributed by atoms with Crippen LogP contribution in [0.15, 0.2) is 64.9 Å². The first-order chi connectivity index (χ1) is 9.34. The van der Waals surface area contributed by atoms with Crippen LogP contribution < -0.4 is 0 Å². The van der Waals surface area contributed by atoms with E-state index in [9.17, 15) is 5.11 Å². The van der Waals surface area contributed by atoms with Crippen LogP contribution in [0.5, 0.6) is 0 Å². The van der Waals surface area contributed by atoms with E-state index >= 15 is 0 Å². The molecule has 96 valence electrons. The molecule has 1 nitrogen and oxygen atoms in total. The van der Waals surface area contributed by atoms with Gasteiger partial charge in [-0.1, -0.05) is 36.4 Å². The fourth-order valence-electron chi connectivity index (χ4n) is 2.06. The predicted octanol–water partition coefficient (Wildman–Crippen LogP) is 4.73. The van der Waals surface area contributed by atoms with Crippen LogP contribution in [0.1, 0.15) is 11.7 Å². The molecule has 1 heterocycles. The molecular formula is C16H14OS2. The van der Waals surface area contributed by atoms with Crippen LogP contribution in [-0.4, -0.2) is 10.9 Å². The minimum absolute atomic E-state index is 0.424. The topological polar surface area (TPSA) is 20.2 Å². The molecule has 1 aromatic heterocycles. The van der Waals surface area contributed by atoms with Gasteiger partial charge >= 0.3 is 0 Å². The Hall–Kier alpha value is -1.29. The maximum absolute atomic E-state index is 10.4. The fourth-order valence-corrected chi connectivity index (χ4v) is 3.90. The lowest BCUT2D eigenvalue weighted by molar-refractivity contribution is 0.206. The Morgan fingerprint density at radius 1 is 1.00 bits per heavy atom. The number of rotatable bonds is 4. The van der Waals surface area contributed by atoms with Gasteiger partial charge in [-0.15, -0.1) is 23.1 Å². The summed E-state index contributed by atoms with van der Waals surface area (Å²) in [5, 5.41) is 13.7. The molecule has 0 aliphatic heterocycles. The van der Waals surface area contributed by atoms with E-state index in [4.69, 9.17) is 0 Å². The van der Waals surface area contributed by atoms with E-state index in [2.05, 4.69) is 29.6 Å². The van der Waals surface area contributed by atoms with Crippen LogP contribution >= 0.6 is 23.1 Å². The van der Waals surface area contributed by atoms with Crippen molar-refractivity contribution in [1.82, 2.24) is 0 Å². The Morgan fingerprint density at radius 2 is 1.84 bits per heavy atom. The lowest BCUT2D eigenvalue weighted by atomic mass is 10.1. The van der Waals surface area contributed by atoms with Gasteiger partial charge in [0.1, 0.15) is 0 Å². The van der Waals surface area contributed by atoms with Gasteiger partial charge in [0.2, 0.25) is 0 Å². The van der Waals surface area contributed by atoms with Crippen LogP contribution in [0.25, 0.3) is 10.1 Å². The van der Waals surface area contributed by atoms with Crippen molar-refractivity contribution in [2.24, 2.45) is 0 Å². The molecule has 3 heteroatoms. The van der Waals surface area contributed by atoms with Gasteiger partial charge in [0, 0.05) is 15.3 Å². The summed E-state index contributed by atoms with van der Waals surface area (Å²) in [5.74, 6) is 0.682. The smallest absolute Gasteiger partial charge is 0.0897 e. The van der Waals surface area contributed by atoms with Gasteiger partial charge in [0.15, 0.2) is 0 Å². The number of hydrogen-bond acceptors (Lipinski definition) is 3. The first-order valence-corrected chi connectivity index (χ1v) is 8.03. The van der Waals surface area contributed by atoms with Crippen molar-refractivity contribution in [1.29, 1.82) is 0 Å². The summed E-state index contributed by atoms with van der Waals surface area (Å²) in [7, 11) is 0. The number of aliphatic hydroxyl groups is 1. The second-order valence-electron chi connectivity index (χ2n) is 4.33. The molecule has 1 unspecified atom stereocenters. The van der Waals surface area contributed by atoms with Crippen LogP contribution in [-0.2, 0) is 0 Å².